The molecule has 0 heterocycles. The zero-order valence-corrected chi connectivity index (χ0v) is 10.5. The van der Waals surface area contributed by atoms with Crippen molar-refractivity contribution in [3.63, 3.8) is 0 Å². The molecule has 1 rings (SSSR count). The number of benzene rings is 1. The SMILES string of the molecule is COc1c(Br)cc(CBr)cc1[N+](=O)[O-]. The van der Waals surface area contributed by atoms with Crippen LogP contribution in [0.5, 0.6) is 5.75 Å². The number of ether oxygens (including phenoxy) is 1. The van der Waals surface area contributed by atoms with Crippen molar-refractivity contribution in [1.29, 1.82) is 0 Å². The molecule has 6 heteroatoms. The van der Waals surface area contributed by atoms with Gasteiger partial charge in [0.05, 0.1) is 16.5 Å². The Bertz CT molecular complexity index is 368. The quantitative estimate of drug-likeness (QED) is 0.487. The summed E-state index contributed by atoms with van der Waals surface area (Å²) in [5.74, 6) is 0.250. The lowest BCUT2D eigenvalue weighted by Gasteiger charge is -2.05. The Balaban J connectivity index is 3.35. The number of hydrogen-bond donors (Lipinski definition) is 0. The van der Waals surface area contributed by atoms with E-state index in [0.29, 0.717) is 9.80 Å². The van der Waals surface area contributed by atoms with Crippen LogP contribution in [0.2, 0.25) is 0 Å². The van der Waals surface area contributed by atoms with Crippen molar-refractivity contribution in [1.82, 2.24) is 0 Å². The first-order valence-corrected chi connectivity index (χ1v) is 5.58. The first-order valence-electron chi connectivity index (χ1n) is 3.67. The van der Waals surface area contributed by atoms with Crippen molar-refractivity contribution < 1.29 is 9.66 Å². The molecule has 0 unspecified atom stereocenters. The number of rotatable bonds is 3. The maximum Gasteiger partial charge on any atom is 0.312 e. The molecule has 0 atom stereocenters. The summed E-state index contributed by atoms with van der Waals surface area (Å²) in [4.78, 5) is 10.2. The highest BCUT2D eigenvalue weighted by atomic mass is 79.9. The Kier molecular flexibility index (Phi) is 3.88. The molecule has 0 saturated heterocycles. The van der Waals surface area contributed by atoms with Crippen molar-refractivity contribution in [2.75, 3.05) is 7.11 Å². The molecule has 0 fully saturated rings. The molecule has 0 aliphatic heterocycles. The summed E-state index contributed by atoms with van der Waals surface area (Å²) in [6.07, 6.45) is 0. The summed E-state index contributed by atoms with van der Waals surface area (Å²) >= 11 is 6.45. The van der Waals surface area contributed by atoms with E-state index in [0.717, 1.165) is 5.56 Å². The molecule has 0 spiro atoms. The van der Waals surface area contributed by atoms with Gasteiger partial charge in [-0.15, -0.1) is 0 Å². The van der Waals surface area contributed by atoms with E-state index in [1.54, 1.807) is 6.07 Å². The highest BCUT2D eigenvalue weighted by Gasteiger charge is 2.18. The van der Waals surface area contributed by atoms with E-state index in [2.05, 4.69) is 31.9 Å². The van der Waals surface area contributed by atoms with E-state index in [-0.39, 0.29) is 11.4 Å². The molecule has 14 heavy (non-hydrogen) atoms. The Labute approximate surface area is 97.7 Å². The van der Waals surface area contributed by atoms with Gasteiger partial charge in [0, 0.05) is 11.4 Å². The number of hydrogen-bond acceptors (Lipinski definition) is 3. The van der Waals surface area contributed by atoms with Gasteiger partial charge in [-0.05, 0) is 27.6 Å². The number of halogens is 2. The van der Waals surface area contributed by atoms with Gasteiger partial charge in [-0.3, -0.25) is 10.1 Å². The largest absolute Gasteiger partial charge is 0.489 e. The van der Waals surface area contributed by atoms with Gasteiger partial charge in [0.15, 0.2) is 0 Å². The molecule has 0 bridgehead atoms. The molecule has 1 aromatic carbocycles. The Morgan fingerprint density at radius 2 is 2.21 bits per heavy atom. The van der Waals surface area contributed by atoms with Crippen LogP contribution in [0, 0.1) is 10.1 Å². The van der Waals surface area contributed by atoms with Crippen molar-refractivity contribution >= 4 is 37.5 Å². The minimum atomic E-state index is -0.463. The van der Waals surface area contributed by atoms with Gasteiger partial charge in [-0.2, -0.15) is 0 Å². The molecule has 0 amide bonds. The summed E-state index contributed by atoms with van der Waals surface area (Å²) in [5.41, 5.74) is 0.792. The molecular weight excluding hydrogens is 318 g/mol. The molecule has 0 aliphatic carbocycles. The van der Waals surface area contributed by atoms with E-state index in [1.807, 2.05) is 0 Å². The van der Waals surface area contributed by atoms with Gasteiger partial charge in [-0.1, -0.05) is 15.9 Å². The standard InChI is InChI=1S/C8H7Br2NO3/c1-14-8-6(10)2-5(4-9)3-7(8)11(12)13/h2-3H,4H2,1H3. The van der Waals surface area contributed by atoms with Crippen molar-refractivity contribution in [3.05, 3.63) is 32.3 Å². The summed E-state index contributed by atoms with van der Waals surface area (Å²) in [7, 11) is 1.40. The van der Waals surface area contributed by atoms with E-state index >= 15 is 0 Å². The average Bonchev–Trinajstić information content (AvgIpc) is 2.16. The van der Waals surface area contributed by atoms with Gasteiger partial charge in [-0.25, -0.2) is 0 Å². The summed E-state index contributed by atoms with van der Waals surface area (Å²) in [5, 5.41) is 11.3. The van der Waals surface area contributed by atoms with Crippen LogP contribution in [0.25, 0.3) is 0 Å². The van der Waals surface area contributed by atoms with Gasteiger partial charge in [0.2, 0.25) is 5.75 Å². The Morgan fingerprint density at radius 1 is 1.57 bits per heavy atom. The zero-order chi connectivity index (χ0) is 10.7. The summed E-state index contributed by atoms with van der Waals surface area (Å²) in [6, 6.07) is 3.26. The van der Waals surface area contributed by atoms with Gasteiger partial charge < -0.3 is 4.74 Å². The highest BCUT2D eigenvalue weighted by Crippen LogP contribution is 2.36. The molecule has 1 aromatic rings. The number of nitro groups is 1. The topological polar surface area (TPSA) is 52.4 Å². The summed E-state index contributed by atoms with van der Waals surface area (Å²) in [6.45, 7) is 0. The van der Waals surface area contributed by atoms with E-state index in [1.165, 1.54) is 13.2 Å². The second kappa shape index (κ2) is 4.75. The van der Waals surface area contributed by atoms with E-state index < -0.39 is 4.92 Å². The third-order valence-electron chi connectivity index (χ3n) is 1.64. The van der Waals surface area contributed by atoms with Crippen molar-refractivity contribution in [2.45, 2.75) is 5.33 Å². The maximum atomic E-state index is 10.7. The van der Waals surface area contributed by atoms with Crippen LogP contribution in [0.1, 0.15) is 5.56 Å². The second-order valence-corrected chi connectivity index (χ2v) is 3.94. The third-order valence-corrected chi connectivity index (χ3v) is 2.88. The Hall–Kier alpha value is -0.620. The fraction of sp³-hybridized carbons (Fsp3) is 0.250. The van der Waals surface area contributed by atoms with Crippen LogP contribution in [-0.4, -0.2) is 12.0 Å². The predicted molar refractivity (Wildman–Crippen MR) is 60.0 cm³/mol. The van der Waals surface area contributed by atoms with Gasteiger partial charge >= 0.3 is 5.69 Å². The van der Waals surface area contributed by atoms with Crippen LogP contribution in [0.4, 0.5) is 5.69 Å². The van der Waals surface area contributed by atoms with E-state index in [9.17, 15) is 10.1 Å². The Morgan fingerprint density at radius 3 is 2.64 bits per heavy atom. The molecule has 76 valence electrons. The second-order valence-electron chi connectivity index (χ2n) is 2.52. The van der Waals surface area contributed by atoms with Gasteiger partial charge in [0.1, 0.15) is 0 Å². The minimum absolute atomic E-state index is 0.0312. The van der Waals surface area contributed by atoms with Crippen LogP contribution >= 0.6 is 31.9 Å². The number of methoxy groups -OCH3 is 1. The highest BCUT2D eigenvalue weighted by molar-refractivity contribution is 9.10. The minimum Gasteiger partial charge on any atom is -0.489 e. The first-order chi connectivity index (χ1) is 6.60. The van der Waals surface area contributed by atoms with Crippen LogP contribution in [0.15, 0.2) is 16.6 Å². The summed E-state index contributed by atoms with van der Waals surface area (Å²) < 4.78 is 5.52. The third kappa shape index (κ3) is 2.24. The molecule has 0 aromatic heterocycles. The molecule has 4 nitrogen and oxygen atoms in total. The number of alkyl halides is 1. The lowest BCUT2D eigenvalue weighted by molar-refractivity contribution is -0.385. The molecule has 0 N–H and O–H groups in total. The number of nitrogens with zero attached hydrogens (tertiary/aromatic N) is 1. The fourth-order valence-corrected chi connectivity index (χ4v) is 2.03. The monoisotopic (exact) mass is 323 g/mol. The smallest absolute Gasteiger partial charge is 0.312 e. The average molecular weight is 325 g/mol. The van der Waals surface area contributed by atoms with Crippen molar-refractivity contribution in [2.24, 2.45) is 0 Å². The molecular formula is C8H7Br2NO3. The molecule has 0 radical (unpaired) electrons. The van der Waals surface area contributed by atoms with Crippen LogP contribution < -0.4 is 4.74 Å². The fourth-order valence-electron chi connectivity index (χ4n) is 1.05. The number of nitro benzene ring substituents is 1. The first kappa shape index (κ1) is 11.5. The molecule has 0 saturated carbocycles. The maximum absolute atomic E-state index is 10.7. The van der Waals surface area contributed by atoms with Crippen molar-refractivity contribution in [3.8, 4) is 5.75 Å². The van der Waals surface area contributed by atoms with E-state index in [4.69, 9.17) is 4.74 Å². The lowest BCUT2D eigenvalue weighted by Crippen LogP contribution is -1.96. The molecule has 0 aliphatic rings. The predicted octanol–water partition coefficient (Wildman–Crippen LogP) is 3.26. The van der Waals surface area contributed by atoms with Crippen LogP contribution in [-0.2, 0) is 5.33 Å². The van der Waals surface area contributed by atoms with Crippen LogP contribution in [0.3, 0.4) is 0 Å². The van der Waals surface area contributed by atoms with Gasteiger partial charge in [0.25, 0.3) is 0 Å². The zero-order valence-electron chi connectivity index (χ0n) is 7.29. The lowest BCUT2D eigenvalue weighted by atomic mass is 10.2. The normalized spacial score (nSPS) is 9.93.